The molecule has 0 saturated carbocycles. The highest BCUT2D eigenvalue weighted by atomic mass is 35.5. The highest BCUT2D eigenvalue weighted by Crippen LogP contribution is 2.23. The molecular weight excluding hydrogens is 259 g/mol. The predicted molar refractivity (Wildman–Crippen MR) is 56.9 cm³/mol. The number of alkyl halides is 4. The Morgan fingerprint density at radius 2 is 2.18 bits per heavy atom. The second-order valence-electron chi connectivity index (χ2n) is 4.14. The normalized spacial score (nSPS) is 25.0. The SMILES string of the molecule is CC1CC(C(=O)N(CCCl)CC(F)(F)F)CO1. The monoisotopic (exact) mass is 273 g/mol. The molecule has 2 atom stereocenters. The summed E-state index contributed by atoms with van der Waals surface area (Å²) in [5, 5.41) is 0. The topological polar surface area (TPSA) is 29.5 Å². The van der Waals surface area contributed by atoms with E-state index in [9.17, 15) is 18.0 Å². The summed E-state index contributed by atoms with van der Waals surface area (Å²) in [6, 6.07) is 0. The molecule has 17 heavy (non-hydrogen) atoms. The average Bonchev–Trinajstić information content (AvgIpc) is 2.61. The number of hydrogen-bond donors (Lipinski definition) is 0. The lowest BCUT2D eigenvalue weighted by molar-refractivity contribution is -0.163. The highest BCUT2D eigenvalue weighted by molar-refractivity contribution is 6.18. The third kappa shape index (κ3) is 4.71. The van der Waals surface area contributed by atoms with Gasteiger partial charge in [0.2, 0.25) is 5.91 Å². The van der Waals surface area contributed by atoms with Crippen molar-refractivity contribution in [1.29, 1.82) is 0 Å². The quantitative estimate of drug-likeness (QED) is 0.734. The van der Waals surface area contributed by atoms with E-state index in [1.165, 1.54) is 0 Å². The summed E-state index contributed by atoms with van der Waals surface area (Å²) in [5.74, 6) is -1.01. The van der Waals surface area contributed by atoms with Gasteiger partial charge in [-0.05, 0) is 13.3 Å². The van der Waals surface area contributed by atoms with Gasteiger partial charge in [0, 0.05) is 12.4 Å². The summed E-state index contributed by atoms with van der Waals surface area (Å²) in [4.78, 5) is 12.6. The first-order chi connectivity index (χ1) is 7.83. The first kappa shape index (κ1) is 14.6. The predicted octanol–water partition coefficient (Wildman–Crippen LogP) is 2.04. The van der Waals surface area contributed by atoms with Crippen molar-refractivity contribution in [1.82, 2.24) is 4.90 Å². The van der Waals surface area contributed by atoms with Gasteiger partial charge in [-0.3, -0.25) is 4.79 Å². The lowest BCUT2D eigenvalue weighted by Crippen LogP contribution is -2.43. The van der Waals surface area contributed by atoms with Crippen molar-refractivity contribution in [3.63, 3.8) is 0 Å². The Balaban J connectivity index is 2.60. The van der Waals surface area contributed by atoms with Crippen molar-refractivity contribution in [3.05, 3.63) is 0 Å². The Kier molecular flexibility index (Phi) is 5.06. The summed E-state index contributed by atoms with van der Waals surface area (Å²) in [6.45, 7) is 0.647. The van der Waals surface area contributed by atoms with Crippen molar-refractivity contribution < 1.29 is 22.7 Å². The Morgan fingerprint density at radius 3 is 2.59 bits per heavy atom. The number of ether oxygens (including phenoxy) is 1. The van der Waals surface area contributed by atoms with E-state index in [2.05, 4.69) is 0 Å². The fraction of sp³-hybridized carbons (Fsp3) is 0.900. The van der Waals surface area contributed by atoms with E-state index < -0.39 is 24.5 Å². The third-order valence-corrected chi connectivity index (χ3v) is 2.75. The van der Waals surface area contributed by atoms with Crippen LogP contribution in [0.1, 0.15) is 13.3 Å². The van der Waals surface area contributed by atoms with E-state index in [1.54, 1.807) is 6.92 Å². The van der Waals surface area contributed by atoms with Gasteiger partial charge in [0.1, 0.15) is 6.54 Å². The highest BCUT2D eigenvalue weighted by Gasteiger charge is 2.37. The maximum Gasteiger partial charge on any atom is 0.406 e. The van der Waals surface area contributed by atoms with Crippen LogP contribution in [0, 0.1) is 5.92 Å². The minimum absolute atomic E-state index is 0.00898. The molecule has 100 valence electrons. The van der Waals surface area contributed by atoms with Gasteiger partial charge in [-0.25, -0.2) is 0 Å². The number of rotatable bonds is 4. The lowest BCUT2D eigenvalue weighted by Gasteiger charge is -2.25. The average molecular weight is 274 g/mol. The zero-order valence-electron chi connectivity index (χ0n) is 9.47. The van der Waals surface area contributed by atoms with Crippen LogP contribution in [-0.2, 0) is 9.53 Å². The number of hydrogen-bond acceptors (Lipinski definition) is 2. The number of carbonyl (C=O) groups excluding carboxylic acids is 1. The van der Waals surface area contributed by atoms with Crippen LogP contribution in [0.25, 0.3) is 0 Å². The molecule has 0 aromatic rings. The number of carbonyl (C=O) groups is 1. The molecule has 1 aliphatic rings. The van der Waals surface area contributed by atoms with Crippen LogP contribution < -0.4 is 0 Å². The largest absolute Gasteiger partial charge is 0.406 e. The van der Waals surface area contributed by atoms with Gasteiger partial charge < -0.3 is 9.64 Å². The van der Waals surface area contributed by atoms with Crippen molar-refractivity contribution in [2.24, 2.45) is 5.92 Å². The van der Waals surface area contributed by atoms with E-state index in [4.69, 9.17) is 16.3 Å². The Labute approximate surface area is 103 Å². The molecule has 0 bridgehead atoms. The summed E-state index contributed by atoms with van der Waals surface area (Å²) in [5.41, 5.74) is 0. The maximum absolute atomic E-state index is 12.3. The molecule has 0 spiro atoms. The van der Waals surface area contributed by atoms with Crippen LogP contribution in [0.2, 0.25) is 0 Å². The van der Waals surface area contributed by atoms with Crippen molar-refractivity contribution in [3.8, 4) is 0 Å². The Morgan fingerprint density at radius 1 is 1.53 bits per heavy atom. The van der Waals surface area contributed by atoms with Crippen molar-refractivity contribution >= 4 is 17.5 Å². The molecule has 1 amide bonds. The molecule has 0 aliphatic carbocycles. The molecule has 0 N–H and O–H groups in total. The standard InChI is InChI=1S/C10H15ClF3NO2/c1-7-4-8(5-17-7)9(16)15(3-2-11)6-10(12,13)14/h7-8H,2-6H2,1H3. The summed E-state index contributed by atoms with van der Waals surface area (Å²) in [7, 11) is 0. The van der Waals surface area contributed by atoms with E-state index in [-0.39, 0.29) is 25.1 Å². The second-order valence-corrected chi connectivity index (χ2v) is 4.52. The number of halogens is 4. The smallest absolute Gasteiger partial charge is 0.378 e. The Bertz CT molecular complexity index is 273. The fourth-order valence-electron chi connectivity index (χ4n) is 1.83. The van der Waals surface area contributed by atoms with Crippen LogP contribution in [-0.4, -0.2) is 48.7 Å². The minimum atomic E-state index is -4.40. The van der Waals surface area contributed by atoms with Crippen LogP contribution in [0.4, 0.5) is 13.2 Å². The first-order valence-electron chi connectivity index (χ1n) is 5.36. The minimum Gasteiger partial charge on any atom is -0.378 e. The van der Waals surface area contributed by atoms with Crippen molar-refractivity contribution in [2.75, 3.05) is 25.6 Å². The second kappa shape index (κ2) is 5.91. The lowest BCUT2D eigenvalue weighted by atomic mass is 10.0. The molecule has 0 aromatic heterocycles. The molecule has 1 aliphatic heterocycles. The van der Waals surface area contributed by atoms with E-state index >= 15 is 0 Å². The molecule has 1 rings (SSSR count). The molecule has 7 heteroatoms. The third-order valence-electron chi connectivity index (χ3n) is 2.58. The molecule has 3 nitrogen and oxygen atoms in total. The van der Waals surface area contributed by atoms with E-state index in [1.807, 2.05) is 0 Å². The molecule has 2 unspecified atom stereocenters. The van der Waals surface area contributed by atoms with E-state index in [0.717, 1.165) is 4.90 Å². The number of amides is 1. The van der Waals surface area contributed by atoms with Crippen molar-refractivity contribution in [2.45, 2.75) is 25.6 Å². The van der Waals surface area contributed by atoms with Gasteiger partial charge in [-0.15, -0.1) is 11.6 Å². The van der Waals surface area contributed by atoms with Gasteiger partial charge >= 0.3 is 6.18 Å². The van der Waals surface area contributed by atoms with Gasteiger partial charge in [0.25, 0.3) is 0 Å². The zero-order valence-corrected chi connectivity index (χ0v) is 10.2. The molecule has 0 aromatic carbocycles. The molecule has 1 heterocycles. The van der Waals surface area contributed by atoms with Gasteiger partial charge in [0.15, 0.2) is 0 Å². The number of nitrogens with zero attached hydrogens (tertiary/aromatic N) is 1. The first-order valence-corrected chi connectivity index (χ1v) is 5.90. The van der Waals surface area contributed by atoms with Gasteiger partial charge in [0.05, 0.1) is 18.6 Å². The summed E-state index contributed by atoms with van der Waals surface area (Å²) >= 11 is 5.41. The fourth-order valence-corrected chi connectivity index (χ4v) is 2.04. The van der Waals surface area contributed by atoms with E-state index in [0.29, 0.717) is 6.42 Å². The van der Waals surface area contributed by atoms with Crippen LogP contribution >= 0.6 is 11.6 Å². The Hall–Kier alpha value is -0.490. The van der Waals surface area contributed by atoms with Gasteiger partial charge in [-0.2, -0.15) is 13.2 Å². The summed E-state index contributed by atoms with van der Waals surface area (Å²) < 4.78 is 42.0. The maximum atomic E-state index is 12.3. The van der Waals surface area contributed by atoms with Crippen LogP contribution in [0.3, 0.4) is 0 Å². The molecular formula is C10H15ClF3NO2. The molecule has 1 fully saturated rings. The summed E-state index contributed by atoms with van der Waals surface area (Å²) in [6.07, 6.45) is -4.00. The van der Waals surface area contributed by atoms with Gasteiger partial charge in [-0.1, -0.05) is 0 Å². The molecule has 0 radical (unpaired) electrons. The van der Waals surface area contributed by atoms with Crippen LogP contribution in [0.15, 0.2) is 0 Å². The van der Waals surface area contributed by atoms with Crippen LogP contribution in [0.5, 0.6) is 0 Å². The zero-order chi connectivity index (χ0) is 13.1. The molecule has 1 saturated heterocycles.